The maximum absolute atomic E-state index is 12.9. The second-order valence-corrected chi connectivity index (χ2v) is 6.74. The van der Waals surface area contributed by atoms with Gasteiger partial charge in [0.15, 0.2) is 17.3 Å². The van der Waals surface area contributed by atoms with E-state index in [0.717, 1.165) is 4.42 Å². The molecule has 11 heteroatoms. The number of hydrogen-bond donors (Lipinski definition) is 0. The summed E-state index contributed by atoms with van der Waals surface area (Å²) in [4.78, 5) is 25.1. The van der Waals surface area contributed by atoms with Crippen LogP contribution in [-0.4, -0.2) is 46.2 Å². The number of anilines is 1. The number of Topliss-reactive ketones (excluding diaryl/α,β-unsaturated/α-hetero) is 1. The smallest absolute Gasteiger partial charge is 0.276 e. The molecule has 0 radical (unpaired) electrons. The van der Waals surface area contributed by atoms with E-state index in [4.69, 9.17) is 42.3 Å². The zero-order chi connectivity index (χ0) is 23.1. The van der Waals surface area contributed by atoms with Crippen molar-refractivity contribution in [1.29, 1.82) is 0 Å². The van der Waals surface area contributed by atoms with Crippen LogP contribution in [0.5, 0.6) is 23.0 Å². The number of para-hydroxylation sites is 1. The molecule has 0 fully saturated rings. The topological polar surface area (TPSA) is 99.0 Å². The highest BCUT2D eigenvalue weighted by molar-refractivity contribution is 6.39. The Bertz CT molecular complexity index is 999. The molecule has 1 unspecified atom stereocenters. The molecule has 166 valence electrons. The van der Waals surface area contributed by atoms with E-state index in [0.29, 0.717) is 17.2 Å². The molecule has 0 aliphatic rings. The lowest BCUT2D eigenvalue weighted by molar-refractivity contribution is -0.126. The zero-order valence-corrected chi connectivity index (χ0v) is 19.0. The molecule has 31 heavy (non-hydrogen) atoms. The largest absolute Gasteiger partial charge is 0.497 e. The summed E-state index contributed by atoms with van der Waals surface area (Å²) in [7, 11) is 5.73. The molecule has 0 aliphatic heterocycles. The third-order valence-electron chi connectivity index (χ3n) is 4.14. The normalized spacial score (nSPS) is 11.7. The van der Waals surface area contributed by atoms with Crippen LogP contribution in [0.3, 0.4) is 0 Å². The van der Waals surface area contributed by atoms with Crippen LogP contribution in [0, 0.1) is 0 Å². The van der Waals surface area contributed by atoms with Crippen molar-refractivity contribution in [2.75, 3.05) is 32.9 Å². The molecule has 0 aromatic heterocycles. The predicted octanol–water partition coefficient (Wildman–Crippen LogP) is 4.60. The van der Waals surface area contributed by atoms with E-state index in [1.54, 1.807) is 18.2 Å². The Labute approximate surface area is 189 Å². The molecular formula is C20H21Cl2N3O6. The van der Waals surface area contributed by atoms with Crippen LogP contribution in [0.15, 0.2) is 40.6 Å². The van der Waals surface area contributed by atoms with E-state index in [1.165, 1.54) is 47.5 Å². The fourth-order valence-electron chi connectivity index (χ4n) is 2.57. The number of amides is 1. The quantitative estimate of drug-likeness (QED) is 0.302. The molecule has 0 heterocycles. The average molecular weight is 470 g/mol. The molecule has 2 rings (SSSR count). The summed E-state index contributed by atoms with van der Waals surface area (Å²) in [6, 6.07) is 6.31. The molecule has 0 saturated carbocycles. The second kappa shape index (κ2) is 10.8. The van der Waals surface area contributed by atoms with Crippen molar-refractivity contribution in [1.82, 2.24) is 0 Å². The number of carbonyl (C=O) groups excluding carboxylic acids is 2. The van der Waals surface area contributed by atoms with Gasteiger partial charge in [-0.2, -0.15) is 10.2 Å². The molecule has 0 spiro atoms. The van der Waals surface area contributed by atoms with Gasteiger partial charge >= 0.3 is 0 Å². The van der Waals surface area contributed by atoms with E-state index in [2.05, 4.69) is 10.2 Å². The van der Waals surface area contributed by atoms with Crippen molar-refractivity contribution in [2.45, 2.75) is 13.0 Å². The second-order valence-electron chi connectivity index (χ2n) is 6.02. The number of rotatable bonds is 9. The monoisotopic (exact) mass is 469 g/mol. The first-order chi connectivity index (χ1) is 14.8. The first-order valence-corrected chi connectivity index (χ1v) is 9.54. The molecule has 0 bridgehead atoms. The fraction of sp³-hybridized carbons (Fsp3) is 0.300. The summed E-state index contributed by atoms with van der Waals surface area (Å²) in [6.07, 6.45) is 0. The van der Waals surface area contributed by atoms with Gasteiger partial charge in [-0.3, -0.25) is 9.59 Å². The number of ether oxygens (including phenoxy) is 4. The number of halogens is 2. The van der Waals surface area contributed by atoms with Crippen molar-refractivity contribution < 1.29 is 28.5 Å². The van der Waals surface area contributed by atoms with Gasteiger partial charge in [0, 0.05) is 23.9 Å². The van der Waals surface area contributed by atoms with E-state index >= 15 is 0 Å². The van der Waals surface area contributed by atoms with Gasteiger partial charge in [0.25, 0.3) is 5.91 Å². The SMILES string of the molecule is COc1cc(N=NC(C(C)=O)C(=O)N(Cl)c2cccc(OC)c2OC)c(Cl)c(OC)c1. The highest BCUT2D eigenvalue weighted by Crippen LogP contribution is 2.40. The molecule has 2 aromatic rings. The number of hydrogen-bond acceptors (Lipinski definition) is 8. The maximum Gasteiger partial charge on any atom is 0.276 e. The molecule has 0 saturated heterocycles. The molecule has 1 atom stereocenters. The zero-order valence-electron chi connectivity index (χ0n) is 17.5. The minimum atomic E-state index is -1.53. The highest BCUT2D eigenvalue weighted by Gasteiger charge is 2.31. The summed E-state index contributed by atoms with van der Waals surface area (Å²) >= 11 is 12.5. The minimum absolute atomic E-state index is 0.138. The van der Waals surface area contributed by atoms with E-state index in [-0.39, 0.29) is 22.1 Å². The summed E-state index contributed by atoms with van der Waals surface area (Å²) in [5, 5.41) is 7.99. The first-order valence-electron chi connectivity index (χ1n) is 8.82. The van der Waals surface area contributed by atoms with Crippen LogP contribution >= 0.6 is 23.4 Å². The number of nitrogens with zero attached hydrogens (tertiary/aromatic N) is 3. The summed E-state index contributed by atoms with van der Waals surface area (Å²) < 4.78 is 21.6. The van der Waals surface area contributed by atoms with Gasteiger partial charge in [-0.15, -0.1) is 0 Å². The summed E-state index contributed by atoms with van der Waals surface area (Å²) in [6.45, 7) is 1.20. The van der Waals surface area contributed by atoms with Crippen LogP contribution in [0.2, 0.25) is 5.02 Å². The number of methoxy groups -OCH3 is 4. The molecule has 2 aromatic carbocycles. The van der Waals surface area contributed by atoms with E-state index in [9.17, 15) is 9.59 Å². The Morgan fingerprint density at radius 1 is 1.00 bits per heavy atom. The van der Waals surface area contributed by atoms with Crippen molar-refractivity contribution >= 4 is 46.4 Å². The van der Waals surface area contributed by atoms with Gasteiger partial charge < -0.3 is 18.9 Å². The van der Waals surface area contributed by atoms with Crippen LogP contribution in [-0.2, 0) is 9.59 Å². The van der Waals surface area contributed by atoms with Crippen LogP contribution < -0.4 is 23.4 Å². The summed E-state index contributed by atoms with van der Waals surface area (Å²) in [5.41, 5.74) is 0.327. The Morgan fingerprint density at radius 2 is 1.68 bits per heavy atom. The Balaban J connectivity index is 2.42. The van der Waals surface area contributed by atoms with Crippen molar-refractivity contribution in [2.24, 2.45) is 10.2 Å². The molecular weight excluding hydrogens is 449 g/mol. The third-order valence-corrected chi connectivity index (χ3v) is 4.86. The maximum atomic E-state index is 12.9. The van der Waals surface area contributed by atoms with Gasteiger partial charge in [0.1, 0.15) is 27.9 Å². The van der Waals surface area contributed by atoms with Crippen LogP contribution in [0.1, 0.15) is 6.92 Å². The van der Waals surface area contributed by atoms with Crippen molar-refractivity contribution in [3.8, 4) is 23.0 Å². The Hall–Kier alpha value is -3.04. The lowest BCUT2D eigenvalue weighted by Gasteiger charge is -2.20. The lowest BCUT2D eigenvalue weighted by atomic mass is 10.2. The van der Waals surface area contributed by atoms with Gasteiger partial charge in [-0.05, 0) is 19.1 Å². The van der Waals surface area contributed by atoms with Crippen LogP contribution in [0.4, 0.5) is 11.4 Å². The van der Waals surface area contributed by atoms with E-state index in [1.807, 2.05) is 0 Å². The Morgan fingerprint density at radius 3 is 2.23 bits per heavy atom. The van der Waals surface area contributed by atoms with E-state index < -0.39 is 17.7 Å². The number of carbonyl (C=O) groups is 2. The Kier molecular flexibility index (Phi) is 8.47. The lowest BCUT2D eigenvalue weighted by Crippen LogP contribution is -2.36. The predicted molar refractivity (Wildman–Crippen MR) is 116 cm³/mol. The number of benzene rings is 2. The molecule has 0 aliphatic carbocycles. The van der Waals surface area contributed by atoms with Gasteiger partial charge in [0.2, 0.25) is 6.04 Å². The average Bonchev–Trinajstić information content (AvgIpc) is 2.78. The summed E-state index contributed by atoms with van der Waals surface area (Å²) in [5.74, 6) is -0.146. The molecule has 0 N–H and O–H groups in total. The third kappa shape index (κ3) is 5.36. The number of ketones is 1. The van der Waals surface area contributed by atoms with Crippen molar-refractivity contribution in [3.05, 3.63) is 35.4 Å². The van der Waals surface area contributed by atoms with Gasteiger partial charge in [-0.25, -0.2) is 4.42 Å². The minimum Gasteiger partial charge on any atom is -0.497 e. The highest BCUT2D eigenvalue weighted by atomic mass is 35.5. The van der Waals surface area contributed by atoms with Crippen LogP contribution in [0.25, 0.3) is 0 Å². The van der Waals surface area contributed by atoms with Gasteiger partial charge in [0.05, 0.1) is 28.4 Å². The first kappa shape index (κ1) is 24.2. The van der Waals surface area contributed by atoms with Crippen molar-refractivity contribution in [3.63, 3.8) is 0 Å². The molecule has 9 nitrogen and oxygen atoms in total. The standard InChI is InChI=1S/C20H21Cl2N3O6/c1-11(26)18(24-23-13-9-12(28-2)10-16(30-4)17(13)21)20(27)25(22)14-7-6-8-15(29-3)19(14)31-5/h6-10,18H,1-5H3. The van der Waals surface area contributed by atoms with Gasteiger partial charge in [-0.1, -0.05) is 17.7 Å². The molecule has 1 amide bonds. The number of azo groups is 1. The fourth-order valence-corrected chi connectivity index (χ4v) is 3.02.